The topological polar surface area (TPSA) is 86.7 Å². The van der Waals surface area contributed by atoms with E-state index < -0.39 is 30.4 Å². The number of hydrogen-bond acceptors (Lipinski definition) is 4. The Balaban J connectivity index is 2.20. The molecule has 1 fully saturated rings. The van der Waals surface area contributed by atoms with Gasteiger partial charge in [-0.25, -0.2) is 9.69 Å². The first-order valence-corrected chi connectivity index (χ1v) is 5.42. The highest BCUT2D eigenvalue weighted by Gasteiger charge is 2.40. The van der Waals surface area contributed by atoms with Gasteiger partial charge >= 0.3 is 12.0 Å². The number of amides is 3. The predicted molar refractivity (Wildman–Crippen MR) is 56.4 cm³/mol. The Kier molecular flexibility index (Phi) is 2.61. The van der Waals surface area contributed by atoms with Crippen LogP contribution in [-0.4, -0.2) is 29.1 Å². The van der Waals surface area contributed by atoms with Gasteiger partial charge in [0.25, 0.3) is 5.91 Å². The smallest absolute Gasteiger partial charge is 0.329 e. The molecule has 1 aromatic heterocycles. The molecule has 16 heavy (non-hydrogen) atoms. The molecule has 0 unspecified atom stereocenters. The monoisotopic (exact) mass is 240 g/mol. The summed E-state index contributed by atoms with van der Waals surface area (Å²) in [6, 6.07) is 0.0882. The quantitative estimate of drug-likeness (QED) is 0.759. The highest BCUT2D eigenvalue weighted by Crippen LogP contribution is 2.22. The Morgan fingerprint density at radius 1 is 1.56 bits per heavy atom. The van der Waals surface area contributed by atoms with Crippen LogP contribution in [0.3, 0.4) is 0 Å². The number of carboxylic acid groups (broad SMARTS) is 1. The standard InChI is InChI=1S/C9H8N2O4S/c12-7(13)3-6-8(14)11(9(15)10-6)5-1-2-16-4-5/h1-2,4,6H,3H2,(H,10,15)(H,12,13)/t6-/m0/s1. The molecular weight excluding hydrogens is 232 g/mol. The zero-order chi connectivity index (χ0) is 11.7. The summed E-state index contributed by atoms with van der Waals surface area (Å²) in [5.74, 6) is -1.64. The average molecular weight is 240 g/mol. The molecule has 1 aliphatic heterocycles. The fraction of sp³-hybridized carbons (Fsp3) is 0.222. The normalized spacial score (nSPS) is 20.0. The van der Waals surface area contributed by atoms with Crippen LogP contribution in [0.2, 0.25) is 0 Å². The fourth-order valence-electron chi connectivity index (χ4n) is 1.47. The Labute approximate surface area is 94.5 Å². The molecule has 0 spiro atoms. The maximum atomic E-state index is 11.7. The molecule has 0 aromatic carbocycles. The number of imide groups is 1. The number of aliphatic carboxylic acids is 1. The molecule has 1 aliphatic rings. The van der Waals surface area contributed by atoms with Gasteiger partial charge in [-0.1, -0.05) is 0 Å². The minimum absolute atomic E-state index is 0.398. The first kappa shape index (κ1) is 10.6. The molecule has 0 radical (unpaired) electrons. The molecule has 3 amide bonds. The molecule has 7 heteroatoms. The molecule has 6 nitrogen and oxygen atoms in total. The van der Waals surface area contributed by atoms with Gasteiger partial charge in [-0.3, -0.25) is 9.59 Å². The van der Waals surface area contributed by atoms with E-state index in [2.05, 4.69) is 5.32 Å². The van der Waals surface area contributed by atoms with E-state index in [1.807, 2.05) is 0 Å². The van der Waals surface area contributed by atoms with E-state index in [4.69, 9.17) is 5.11 Å². The van der Waals surface area contributed by atoms with Crippen LogP contribution in [0.1, 0.15) is 6.42 Å². The van der Waals surface area contributed by atoms with Crippen molar-refractivity contribution in [3.05, 3.63) is 16.8 Å². The van der Waals surface area contributed by atoms with Crippen molar-refractivity contribution in [2.75, 3.05) is 4.90 Å². The second-order valence-corrected chi connectivity index (χ2v) is 4.04. The van der Waals surface area contributed by atoms with E-state index in [0.717, 1.165) is 4.90 Å². The number of carboxylic acids is 1. The van der Waals surface area contributed by atoms with Crippen LogP contribution in [0.5, 0.6) is 0 Å². The third-order valence-corrected chi connectivity index (χ3v) is 2.83. The van der Waals surface area contributed by atoms with E-state index in [1.165, 1.54) is 11.3 Å². The van der Waals surface area contributed by atoms with E-state index >= 15 is 0 Å². The second-order valence-electron chi connectivity index (χ2n) is 3.26. The zero-order valence-electron chi connectivity index (χ0n) is 8.04. The molecule has 2 heterocycles. The first-order chi connectivity index (χ1) is 7.59. The lowest BCUT2D eigenvalue weighted by atomic mass is 10.2. The van der Waals surface area contributed by atoms with Gasteiger partial charge in [-0.15, -0.1) is 0 Å². The summed E-state index contributed by atoms with van der Waals surface area (Å²) < 4.78 is 0. The summed E-state index contributed by atoms with van der Waals surface area (Å²) in [6.07, 6.45) is -0.398. The number of anilines is 1. The van der Waals surface area contributed by atoms with Crippen molar-refractivity contribution in [2.24, 2.45) is 0 Å². The van der Waals surface area contributed by atoms with Gasteiger partial charge in [0, 0.05) is 5.38 Å². The van der Waals surface area contributed by atoms with Crippen molar-refractivity contribution >= 4 is 34.9 Å². The maximum Gasteiger partial charge on any atom is 0.329 e. The van der Waals surface area contributed by atoms with E-state index in [9.17, 15) is 14.4 Å². The van der Waals surface area contributed by atoms with Crippen LogP contribution < -0.4 is 10.2 Å². The van der Waals surface area contributed by atoms with Gasteiger partial charge in [0.05, 0.1) is 12.1 Å². The van der Waals surface area contributed by atoms with Crippen LogP contribution in [0, 0.1) is 0 Å². The molecule has 2 rings (SSSR count). The molecule has 0 aliphatic carbocycles. The van der Waals surface area contributed by atoms with Crippen LogP contribution in [-0.2, 0) is 9.59 Å². The van der Waals surface area contributed by atoms with Crippen molar-refractivity contribution in [3.63, 3.8) is 0 Å². The number of hydrogen-bond donors (Lipinski definition) is 2. The average Bonchev–Trinajstić information content (AvgIpc) is 2.76. The molecule has 84 valence electrons. The summed E-state index contributed by atoms with van der Waals surface area (Å²) >= 11 is 1.36. The number of carbonyl (C=O) groups excluding carboxylic acids is 2. The zero-order valence-corrected chi connectivity index (χ0v) is 8.86. The Morgan fingerprint density at radius 3 is 2.88 bits per heavy atom. The van der Waals surface area contributed by atoms with Crippen LogP contribution in [0.25, 0.3) is 0 Å². The first-order valence-electron chi connectivity index (χ1n) is 4.48. The lowest BCUT2D eigenvalue weighted by Crippen LogP contribution is -2.32. The molecule has 1 aromatic rings. The van der Waals surface area contributed by atoms with Crippen LogP contribution in [0.15, 0.2) is 16.8 Å². The summed E-state index contributed by atoms with van der Waals surface area (Å²) in [5.41, 5.74) is 0.473. The molecular formula is C9H8N2O4S. The highest BCUT2D eigenvalue weighted by atomic mass is 32.1. The Hall–Kier alpha value is -1.89. The van der Waals surface area contributed by atoms with Crippen molar-refractivity contribution in [2.45, 2.75) is 12.5 Å². The van der Waals surface area contributed by atoms with Gasteiger partial charge in [-0.05, 0) is 11.4 Å². The third kappa shape index (κ3) is 1.76. The molecule has 0 bridgehead atoms. The van der Waals surface area contributed by atoms with Crippen molar-refractivity contribution in [1.82, 2.24) is 5.32 Å². The number of urea groups is 1. The SMILES string of the molecule is O=C(O)C[C@@H]1NC(=O)N(c2ccsc2)C1=O. The lowest BCUT2D eigenvalue weighted by molar-refractivity contribution is -0.139. The van der Waals surface area contributed by atoms with Gasteiger partial charge in [0.1, 0.15) is 6.04 Å². The Bertz CT molecular complexity index is 442. The number of carbonyl (C=O) groups is 3. The summed E-state index contributed by atoms with van der Waals surface area (Å²) in [4.78, 5) is 34.7. The fourth-order valence-corrected chi connectivity index (χ4v) is 2.09. The summed E-state index contributed by atoms with van der Waals surface area (Å²) in [7, 11) is 0. The van der Waals surface area contributed by atoms with Crippen molar-refractivity contribution < 1.29 is 19.5 Å². The largest absolute Gasteiger partial charge is 0.481 e. The molecule has 1 saturated heterocycles. The number of rotatable bonds is 3. The van der Waals surface area contributed by atoms with Gasteiger partial charge < -0.3 is 10.4 Å². The third-order valence-electron chi connectivity index (χ3n) is 2.16. The lowest BCUT2D eigenvalue weighted by Gasteiger charge is -2.09. The summed E-state index contributed by atoms with van der Waals surface area (Å²) in [6.45, 7) is 0. The van der Waals surface area contributed by atoms with E-state index in [0.29, 0.717) is 5.69 Å². The van der Waals surface area contributed by atoms with E-state index in [-0.39, 0.29) is 0 Å². The number of nitrogens with one attached hydrogen (secondary N) is 1. The van der Waals surface area contributed by atoms with E-state index in [1.54, 1.807) is 16.8 Å². The minimum Gasteiger partial charge on any atom is -0.481 e. The number of thiophene rings is 1. The van der Waals surface area contributed by atoms with Gasteiger partial charge in [-0.2, -0.15) is 11.3 Å². The van der Waals surface area contributed by atoms with Crippen LogP contribution in [0.4, 0.5) is 10.5 Å². The minimum atomic E-state index is -1.12. The van der Waals surface area contributed by atoms with Gasteiger partial charge in [0.15, 0.2) is 0 Å². The number of nitrogens with zero attached hydrogens (tertiary/aromatic N) is 1. The van der Waals surface area contributed by atoms with Gasteiger partial charge in [0.2, 0.25) is 0 Å². The van der Waals surface area contributed by atoms with Crippen LogP contribution >= 0.6 is 11.3 Å². The summed E-state index contributed by atoms with van der Waals surface area (Å²) in [5, 5.41) is 14.3. The Morgan fingerprint density at radius 2 is 2.31 bits per heavy atom. The molecule has 2 N–H and O–H groups in total. The molecule has 0 saturated carbocycles. The van der Waals surface area contributed by atoms with Crippen molar-refractivity contribution in [1.29, 1.82) is 0 Å². The maximum absolute atomic E-state index is 11.7. The van der Waals surface area contributed by atoms with Crippen molar-refractivity contribution in [3.8, 4) is 0 Å². The molecule has 1 atom stereocenters. The highest BCUT2D eigenvalue weighted by molar-refractivity contribution is 7.08. The predicted octanol–water partition coefficient (Wildman–Crippen LogP) is 0.648. The second kappa shape index (κ2) is 3.93.